The molecule has 2 N–H and O–H groups in total. The van der Waals surface area contributed by atoms with Gasteiger partial charge in [-0.1, -0.05) is 26.0 Å². The molecule has 0 radical (unpaired) electrons. The van der Waals surface area contributed by atoms with Gasteiger partial charge in [0.25, 0.3) is 0 Å². The maximum absolute atomic E-state index is 11.4. The Labute approximate surface area is 109 Å². The molecule has 0 heterocycles. The van der Waals surface area contributed by atoms with Crippen LogP contribution in [0.15, 0.2) is 30.3 Å². The minimum Gasteiger partial charge on any atom is -0.463 e. The van der Waals surface area contributed by atoms with Crippen molar-refractivity contribution in [2.24, 2.45) is 5.92 Å². The predicted octanol–water partition coefficient (Wildman–Crippen LogP) is 3.26. The average Bonchev–Trinajstić information content (AvgIpc) is 2.32. The molecular weight excluding hydrogens is 226 g/mol. The first-order chi connectivity index (χ1) is 8.58. The van der Waals surface area contributed by atoms with Crippen molar-refractivity contribution >= 4 is 17.7 Å². The number of nitrogens with two attached hydrogens (primary N) is 1. The van der Waals surface area contributed by atoms with Gasteiger partial charge in [0.2, 0.25) is 0 Å². The molecule has 0 aromatic heterocycles. The fraction of sp³-hybridized carbons (Fsp3) is 0.400. The van der Waals surface area contributed by atoms with Crippen molar-refractivity contribution in [3.63, 3.8) is 0 Å². The zero-order chi connectivity index (χ0) is 13.4. The molecule has 1 aromatic rings. The van der Waals surface area contributed by atoms with E-state index in [0.717, 1.165) is 18.4 Å². The van der Waals surface area contributed by atoms with Crippen LogP contribution in [0.2, 0.25) is 0 Å². The van der Waals surface area contributed by atoms with Gasteiger partial charge in [-0.25, -0.2) is 4.79 Å². The van der Waals surface area contributed by atoms with Crippen LogP contribution in [0.1, 0.15) is 32.3 Å². The Balaban J connectivity index is 2.31. The van der Waals surface area contributed by atoms with Gasteiger partial charge in [0.15, 0.2) is 0 Å². The van der Waals surface area contributed by atoms with E-state index in [1.165, 1.54) is 6.08 Å². The molecule has 98 valence electrons. The van der Waals surface area contributed by atoms with Crippen LogP contribution in [0, 0.1) is 5.92 Å². The Morgan fingerprint density at radius 2 is 2.22 bits per heavy atom. The van der Waals surface area contributed by atoms with Gasteiger partial charge in [0.1, 0.15) is 0 Å². The first kappa shape index (κ1) is 14.3. The number of carbonyl (C=O) groups excluding carboxylic acids is 1. The SMILES string of the molecule is CC(C)CCCOC(=O)/C=C/c1cccc(N)c1. The molecular formula is C15H21NO2. The van der Waals surface area contributed by atoms with Crippen molar-refractivity contribution < 1.29 is 9.53 Å². The van der Waals surface area contributed by atoms with Crippen LogP contribution in [-0.4, -0.2) is 12.6 Å². The van der Waals surface area contributed by atoms with Gasteiger partial charge in [0, 0.05) is 11.8 Å². The lowest BCUT2D eigenvalue weighted by molar-refractivity contribution is -0.137. The van der Waals surface area contributed by atoms with Gasteiger partial charge in [-0.2, -0.15) is 0 Å². The molecule has 0 fully saturated rings. The summed E-state index contributed by atoms with van der Waals surface area (Å²) in [5.74, 6) is 0.340. The van der Waals surface area contributed by atoms with E-state index in [9.17, 15) is 4.79 Å². The minimum atomic E-state index is -0.304. The lowest BCUT2D eigenvalue weighted by atomic mass is 10.1. The molecule has 3 nitrogen and oxygen atoms in total. The van der Waals surface area contributed by atoms with E-state index in [-0.39, 0.29) is 5.97 Å². The van der Waals surface area contributed by atoms with Crippen LogP contribution in [0.25, 0.3) is 6.08 Å². The molecule has 0 saturated heterocycles. The topological polar surface area (TPSA) is 52.3 Å². The molecule has 0 amide bonds. The number of anilines is 1. The van der Waals surface area contributed by atoms with Gasteiger partial charge in [0.05, 0.1) is 6.61 Å². The van der Waals surface area contributed by atoms with Crippen LogP contribution in [0.5, 0.6) is 0 Å². The van der Waals surface area contributed by atoms with Gasteiger partial charge in [-0.3, -0.25) is 0 Å². The van der Waals surface area contributed by atoms with Crippen LogP contribution < -0.4 is 5.73 Å². The van der Waals surface area contributed by atoms with Gasteiger partial charge in [-0.05, 0) is 42.5 Å². The third kappa shape index (κ3) is 6.09. The Bertz CT molecular complexity index is 411. The fourth-order valence-corrected chi connectivity index (χ4v) is 1.54. The van der Waals surface area contributed by atoms with E-state index < -0.39 is 0 Å². The number of hydrogen-bond acceptors (Lipinski definition) is 3. The molecule has 0 spiro atoms. The summed E-state index contributed by atoms with van der Waals surface area (Å²) >= 11 is 0. The lowest BCUT2D eigenvalue weighted by Crippen LogP contribution is -2.03. The summed E-state index contributed by atoms with van der Waals surface area (Å²) < 4.78 is 5.09. The van der Waals surface area contributed by atoms with Crippen LogP contribution in [0.3, 0.4) is 0 Å². The molecule has 1 rings (SSSR count). The Morgan fingerprint density at radius 1 is 1.44 bits per heavy atom. The maximum Gasteiger partial charge on any atom is 0.330 e. The molecule has 0 aliphatic heterocycles. The minimum absolute atomic E-state index is 0.304. The summed E-state index contributed by atoms with van der Waals surface area (Å²) in [5.41, 5.74) is 7.22. The standard InChI is InChI=1S/C15H21NO2/c1-12(2)5-4-10-18-15(17)9-8-13-6-3-7-14(16)11-13/h3,6-9,11-12H,4-5,10,16H2,1-2H3/b9-8+. The molecule has 1 aromatic carbocycles. The summed E-state index contributed by atoms with van der Waals surface area (Å²) in [6, 6.07) is 7.35. The van der Waals surface area contributed by atoms with Crippen molar-refractivity contribution in [2.45, 2.75) is 26.7 Å². The van der Waals surface area contributed by atoms with Crippen LogP contribution >= 0.6 is 0 Å². The zero-order valence-corrected chi connectivity index (χ0v) is 11.1. The summed E-state index contributed by atoms with van der Waals surface area (Å²) in [5, 5.41) is 0. The molecule has 0 unspecified atom stereocenters. The van der Waals surface area contributed by atoms with Gasteiger partial charge >= 0.3 is 5.97 Å². The normalized spacial score (nSPS) is 11.1. The quantitative estimate of drug-likeness (QED) is 0.363. The van der Waals surface area contributed by atoms with Crippen LogP contribution in [0.4, 0.5) is 5.69 Å². The highest BCUT2D eigenvalue weighted by Gasteiger charge is 1.98. The summed E-state index contributed by atoms with van der Waals surface area (Å²) in [6.07, 6.45) is 5.13. The number of hydrogen-bond donors (Lipinski definition) is 1. The van der Waals surface area contributed by atoms with Crippen molar-refractivity contribution in [1.29, 1.82) is 0 Å². The molecule has 3 heteroatoms. The van der Waals surface area contributed by atoms with Gasteiger partial charge < -0.3 is 10.5 Å². The highest BCUT2D eigenvalue weighted by molar-refractivity contribution is 5.87. The van der Waals surface area contributed by atoms with E-state index in [4.69, 9.17) is 10.5 Å². The second-order valence-electron chi connectivity index (χ2n) is 4.71. The van der Waals surface area contributed by atoms with Crippen molar-refractivity contribution in [3.8, 4) is 0 Å². The molecule has 0 aliphatic carbocycles. The van der Waals surface area contributed by atoms with E-state index in [2.05, 4.69) is 13.8 Å². The van der Waals surface area contributed by atoms with Gasteiger partial charge in [-0.15, -0.1) is 0 Å². The number of benzene rings is 1. The number of ether oxygens (including phenoxy) is 1. The maximum atomic E-state index is 11.4. The predicted molar refractivity (Wildman–Crippen MR) is 74.9 cm³/mol. The number of esters is 1. The average molecular weight is 247 g/mol. The van der Waals surface area contributed by atoms with E-state index in [0.29, 0.717) is 18.2 Å². The summed E-state index contributed by atoms with van der Waals surface area (Å²) in [7, 11) is 0. The molecule has 0 saturated carbocycles. The Hall–Kier alpha value is -1.77. The summed E-state index contributed by atoms with van der Waals surface area (Å²) in [6.45, 7) is 4.79. The highest BCUT2D eigenvalue weighted by Crippen LogP contribution is 2.08. The number of rotatable bonds is 6. The zero-order valence-electron chi connectivity index (χ0n) is 11.1. The fourth-order valence-electron chi connectivity index (χ4n) is 1.54. The highest BCUT2D eigenvalue weighted by atomic mass is 16.5. The third-order valence-corrected chi connectivity index (χ3v) is 2.49. The second-order valence-corrected chi connectivity index (χ2v) is 4.71. The number of nitrogen functional groups attached to an aromatic ring is 1. The second kappa shape index (κ2) is 7.54. The molecule has 0 aliphatic rings. The lowest BCUT2D eigenvalue weighted by Gasteiger charge is -2.04. The first-order valence-electron chi connectivity index (χ1n) is 6.28. The summed E-state index contributed by atoms with van der Waals surface area (Å²) in [4.78, 5) is 11.4. The number of carbonyl (C=O) groups is 1. The Kier molecular flexibility index (Phi) is 5.98. The molecule has 0 atom stereocenters. The van der Waals surface area contributed by atoms with Crippen molar-refractivity contribution in [1.82, 2.24) is 0 Å². The smallest absolute Gasteiger partial charge is 0.330 e. The van der Waals surface area contributed by atoms with E-state index >= 15 is 0 Å². The molecule has 18 heavy (non-hydrogen) atoms. The van der Waals surface area contributed by atoms with Crippen molar-refractivity contribution in [2.75, 3.05) is 12.3 Å². The van der Waals surface area contributed by atoms with Crippen molar-refractivity contribution in [3.05, 3.63) is 35.9 Å². The molecule has 0 bridgehead atoms. The first-order valence-corrected chi connectivity index (χ1v) is 6.28. The van der Waals surface area contributed by atoms with E-state index in [1.807, 2.05) is 24.3 Å². The monoisotopic (exact) mass is 247 g/mol. The Morgan fingerprint density at radius 3 is 2.89 bits per heavy atom. The van der Waals surface area contributed by atoms with Crippen LogP contribution in [-0.2, 0) is 9.53 Å². The van der Waals surface area contributed by atoms with E-state index in [1.54, 1.807) is 6.08 Å². The third-order valence-electron chi connectivity index (χ3n) is 2.49. The largest absolute Gasteiger partial charge is 0.463 e.